The van der Waals surface area contributed by atoms with Crippen LogP contribution in [0, 0.1) is 0 Å². The van der Waals surface area contributed by atoms with Gasteiger partial charge in [0.2, 0.25) is 0 Å². The van der Waals surface area contributed by atoms with Gasteiger partial charge in [-0.3, -0.25) is 4.79 Å². The van der Waals surface area contributed by atoms with Crippen LogP contribution in [0.4, 0.5) is 0 Å². The number of rotatable bonds is 9. The average Bonchev–Trinajstić information content (AvgIpc) is 3.05. The molecule has 0 atom stereocenters. The Labute approximate surface area is 252 Å². The van der Waals surface area contributed by atoms with Gasteiger partial charge in [0, 0.05) is 12.1 Å². The molecule has 8 heteroatoms. The summed E-state index contributed by atoms with van der Waals surface area (Å²) in [5.74, 6) is -3.67. The van der Waals surface area contributed by atoms with Crippen molar-refractivity contribution >= 4 is 29.8 Å². The van der Waals surface area contributed by atoms with E-state index in [4.69, 9.17) is 14.2 Å². The van der Waals surface area contributed by atoms with Crippen molar-refractivity contribution in [1.29, 1.82) is 0 Å². The molecule has 0 spiro atoms. The Hall–Kier alpha value is -6.28. The van der Waals surface area contributed by atoms with E-state index in [-0.39, 0.29) is 45.3 Å². The van der Waals surface area contributed by atoms with Crippen LogP contribution in [0.25, 0.3) is 6.08 Å². The molecule has 0 fully saturated rings. The Bertz CT molecular complexity index is 1750. The minimum atomic E-state index is -0.797. The maximum absolute atomic E-state index is 13.7. The first-order valence-corrected chi connectivity index (χ1v) is 13.4. The van der Waals surface area contributed by atoms with E-state index in [1.807, 2.05) is 0 Å². The molecule has 5 aromatic rings. The van der Waals surface area contributed by atoms with Crippen LogP contribution in [0.3, 0.4) is 0 Å². The molecule has 0 aromatic heterocycles. The first kappa shape index (κ1) is 29.2. The van der Waals surface area contributed by atoms with Gasteiger partial charge < -0.3 is 19.3 Å². The molecule has 0 aliphatic rings. The number of hydrogen-bond acceptors (Lipinski definition) is 8. The highest BCUT2D eigenvalue weighted by Crippen LogP contribution is 2.37. The molecular weight excluding hydrogens is 560 g/mol. The van der Waals surface area contributed by atoms with Crippen molar-refractivity contribution in [2.24, 2.45) is 0 Å². The van der Waals surface area contributed by atoms with Crippen LogP contribution < -0.4 is 14.2 Å². The third-order valence-electron chi connectivity index (χ3n) is 6.25. The molecule has 0 saturated heterocycles. The molecule has 0 amide bonds. The molecule has 0 radical (unpaired) electrons. The summed E-state index contributed by atoms with van der Waals surface area (Å²) in [6.45, 7) is 0. The number of phenolic OH excluding ortho intramolecular Hbond substituents is 1. The van der Waals surface area contributed by atoms with Crippen LogP contribution in [-0.4, -0.2) is 28.8 Å². The Morgan fingerprint density at radius 1 is 0.523 bits per heavy atom. The number of allylic oxidation sites excluding steroid dienone is 1. The topological polar surface area (TPSA) is 116 Å². The van der Waals surface area contributed by atoms with Gasteiger partial charge in [-0.15, -0.1) is 0 Å². The van der Waals surface area contributed by atoms with Gasteiger partial charge >= 0.3 is 17.9 Å². The van der Waals surface area contributed by atoms with Gasteiger partial charge in [0.05, 0.1) is 16.7 Å². The van der Waals surface area contributed by atoms with Gasteiger partial charge in [-0.25, -0.2) is 14.4 Å². The molecule has 0 unspecified atom stereocenters. The van der Waals surface area contributed by atoms with Gasteiger partial charge in [-0.1, -0.05) is 72.8 Å². The number of esters is 3. The van der Waals surface area contributed by atoms with Crippen molar-refractivity contribution in [1.82, 2.24) is 0 Å². The molecular formula is C36H24O8. The number of hydrogen-bond donors (Lipinski definition) is 1. The fourth-order valence-electron chi connectivity index (χ4n) is 4.08. The third kappa shape index (κ3) is 7.32. The van der Waals surface area contributed by atoms with Crippen LogP contribution in [-0.2, 0) is 0 Å². The van der Waals surface area contributed by atoms with Crippen molar-refractivity contribution in [2.75, 3.05) is 0 Å². The molecule has 0 bridgehead atoms. The predicted octanol–water partition coefficient (Wildman–Crippen LogP) is 6.95. The van der Waals surface area contributed by atoms with E-state index in [0.717, 1.165) is 0 Å². The lowest BCUT2D eigenvalue weighted by Crippen LogP contribution is -2.16. The maximum Gasteiger partial charge on any atom is 0.343 e. The largest absolute Gasteiger partial charge is 0.508 e. The normalized spacial score (nSPS) is 10.6. The molecule has 0 heterocycles. The second kappa shape index (κ2) is 13.6. The van der Waals surface area contributed by atoms with Crippen molar-refractivity contribution in [3.05, 3.63) is 161 Å². The predicted molar refractivity (Wildman–Crippen MR) is 162 cm³/mol. The van der Waals surface area contributed by atoms with Gasteiger partial charge in [-0.2, -0.15) is 0 Å². The lowest BCUT2D eigenvalue weighted by atomic mass is 10.1. The highest BCUT2D eigenvalue weighted by Gasteiger charge is 2.25. The molecule has 1 N–H and O–H groups in total. The second-order valence-electron chi connectivity index (χ2n) is 9.35. The van der Waals surface area contributed by atoms with E-state index in [1.54, 1.807) is 78.9 Å². The number of phenols is 1. The van der Waals surface area contributed by atoms with Gasteiger partial charge in [0.1, 0.15) is 28.6 Å². The summed E-state index contributed by atoms with van der Waals surface area (Å²) >= 11 is 0. The first-order chi connectivity index (χ1) is 21.4. The molecule has 0 saturated carbocycles. The number of benzene rings is 5. The molecule has 5 aromatic carbocycles. The number of ketones is 1. The van der Waals surface area contributed by atoms with Crippen LogP contribution in [0.2, 0.25) is 0 Å². The van der Waals surface area contributed by atoms with Gasteiger partial charge in [0.25, 0.3) is 0 Å². The summed E-state index contributed by atoms with van der Waals surface area (Å²) in [4.78, 5) is 52.8. The zero-order valence-electron chi connectivity index (χ0n) is 23.1. The third-order valence-corrected chi connectivity index (χ3v) is 6.25. The minimum absolute atomic E-state index is 0.0549. The SMILES string of the molecule is O=C(Oc1cc(OC(=O)c2ccccc2)c(C(=O)C=Cc2ccc(O)cc2)c(OC(=O)c2ccccc2)c1)c1ccccc1. The molecule has 216 valence electrons. The highest BCUT2D eigenvalue weighted by molar-refractivity contribution is 6.12. The van der Waals surface area contributed by atoms with E-state index in [1.165, 1.54) is 60.7 Å². The highest BCUT2D eigenvalue weighted by atomic mass is 16.6. The van der Waals surface area contributed by atoms with Crippen LogP contribution in [0.5, 0.6) is 23.0 Å². The Morgan fingerprint density at radius 2 is 0.932 bits per heavy atom. The average molecular weight is 585 g/mol. The van der Waals surface area contributed by atoms with Crippen LogP contribution in [0.15, 0.2) is 133 Å². The molecule has 44 heavy (non-hydrogen) atoms. The summed E-state index contributed by atoms with van der Waals surface area (Å²) < 4.78 is 16.9. The Balaban J connectivity index is 1.60. The van der Waals surface area contributed by atoms with E-state index < -0.39 is 23.7 Å². The lowest BCUT2D eigenvalue weighted by molar-refractivity contribution is 0.0728. The Morgan fingerprint density at radius 3 is 1.36 bits per heavy atom. The maximum atomic E-state index is 13.7. The summed E-state index contributed by atoms with van der Waals surface area (Å²) in [5.41, 5.74) is 0.971. The monoisotopic (exact) mass is 584 g/mol. The van der Waals surface area contributed by atoms with E-state index >= 15 is 0 Å². The Kier molecular flexibility index (Phi) is 9.02. The minimum Gasteiger partial charge on any atom is -0.508 e. The van der Waals surface area contributed by atoms with Crippen LogP contribution in [0.1, 0.15) is 47.0 Å². The number of carbonyl (C=O) groups excluding carboxylic acids is 4. The zero-order chi connectivity index (χ0) is 30.9. The molecule has 0 aliphatic heterocycles. The van der Waals surface area contributed by atoms with E-state index in [9.17, 15) is 24.3 Å². The van der Waals surface area contributed by atoms with E-state index in [0.29, 0.717) is 5.56 Å². The van der Waals surface area contributed by atoms with Crippen molar-refractivity contribution in [3.8, 4) is 23.0 Å². The fraction of sp³-hybridized carbons (Fsp3) is 0. The van der Waals surface area contributed by atoms with Crippen molar-refractivity contribution in [3.63, 3.8) is 0 Å². The summed E-state index contributed by atoms with van der Waals surface area (Å²) in [5, 5.41) is 9.58. The fourth-order valence-corrected chi connectivity index (χ4v) is 4.08. The molecule has 8 nitrogen and oxygen atoms in total. The second-order valence-corrected chi connectivity index (χ2v) is 9.35. The zero-order valence-corrected chi connectivity index (χ0v) is 23.1. The first-order valence-electron chi connectivity index (χ1n) is 13.4. The molecule has 5 rings (SSSR count). The number of ether oxygens (including phenoxy) is 3. The quantitative estimate of drug-likeness (QED) is 0.0857. The van der Waals surface area contributed by atoms with Gasteiger partial charge in [0.15, 0.2) is 5.78 Å². The van der Waals surface area contributed by atoms with Gasteiger partial charge in [-0.05, 0) is 60.2 Å². The number of carbonyl (C=O) groups is 4. The standard InChI is InChI=1S/C36H24O8/c37-28-19-16-24(17-20-28)18-21-30(38)33-31(43-35(40)26-12-6-2-7-13-26)22-29(42-34(39)25-10-4-1-5-11-25)23-32(33)44-36(41)27-14-8-3-9-15-27/h1-23,37H. The van der Waals surface area contributed by atoms with E-state index in [2.05, 4.69) is 0 Å². The summed E-state index contributed by atoms with van der Waals surface area (Å²) in [6.07, 6.45) is 2.69. The van der Waals surface area contributed by atoms with Crippen molar-refractivity contribution < 1.29 is 38.5 Å². The molecule has 0 aliphatic carbocycles. The number of aromatic hydroxyl groups is 1. The summed E-state index contributed by atoms with van der Waals surface area (Å²) in [7, 11) is 0. The summed E-state index contributed by atoms with van der Waals surface area (Å²) in [6, 6.07) is 32.9. The lowest BCUT2D eigenvalue weighted by Gasteiger charge is -2.16. The van der Waals surface area contributed by atoms with Crippen LogP contribution >= 0.6 is 0 Å². The van der Waals surface area contributed by atoms with Crippen molar-refractivity contribution in [2.45, 2.75) is 0 Å². The smallest absolute Gasteiger partial charge is 0.343 e.